The number of benzene rings is 2. The highest BCUT2D eigenvalue weighted by atomic mass is 16.2. The molecule has 0 spiro atoms. The van der Waals surface area contributed by atoms with Crippen molar-refractivity contribution in [3.8, 4) is 11.3 Å². The molecule has 2 heterocycles. The Labute approximate surface area is 164 Å². The fraction of sp³-hybridized carbons (Fsp3) is 0.125. The van der Waals surface area contributed by atoms with E-state index in [-0.39, 0.29) is 5.91 Å². The van der Waals surface area contributed by atoms with Gasteiger partial charge in [0.15, 0.2) is 0 Å². The Morgan fingerprint density at radius 1 is 0.964 bits per heavy atom. The standard InChI is InChI=1S/C24H21N3O/c1-2-27(17-18-9-5-3-6-10-18)24(28)20-15-23(19-11-7-4-8-12-19)26-22-13-14-25-16-21(20)22/h3-16H,2,17H2,1H3. The third-order valence-corrected chi connectivity index (χ3v) is 4.80. The minimum Gasteiger partial charge on any atom is -0.335 e. The Morgan fingerprint density at radius 2 is 1.68 bits per heavy atom. The van der Waals surface area contributed by atoms with Crippen LogP contribution in [0.1, 0.15) is 22.8 Å². The summed E-state index contributed by atoms with van der Waals surface area (Å²) >= 11 is 0. The predicted octanol–water partition coefficient (Wildman–Crippen LogP) is 4.96. The first-order valence-electron chi connectivity index (χ1n) is 9.39. The largest absolute Gasteiger partial charge is 0.335 e. The SMILES string of the molecule is CCN(Cc1ccccc1)C(=O)c1cc(-c2ccccc2)nc2ccncc12. The van der Waals surface area contributed by atoms with Crippen molar-refractivity contribution in [2.75, 3.05) is 6.54 Å². The minimum absolute atomic E-state index is 0.0102. The number of fused-ring (bicyclic) bond motifs is 1. The number of hydrogen-bond donors (Lipinski definition) is 0. The number of aromatic nitrogens is 2. The highest BCUT2D eigenvalue weighted by molar-refractivity contribution is 6.06. The molecule has 138 valence electrons. The van der Waals surface area contributed by atoms with Crippen molar-refractivity contribution in [3.63, 3.8) is 0 Å². The van der Waals surface area contributed by atoms with Gasteiger partial charge in [-0.05, 0) is 24.6 Å². The molecule has 4 nitrogen and oxygen atoms in total. The molecule has 0 aliphatic carbocycles. The normalized spacial score (nSPS) is 10.8. The second-order valence-corrected chi connectivity index (χ2v) is 6.62. The molecule has 0 saturated carbocycles. The molecule has 0 aliphatic heterocycles. The van der Waals surface area contributed by atoms with Crippen LogP contribution in [-0.2, 0) is 6.54 Å². The van der Waals surface area contributed by atoms with Gasteiger partial charge in [-0.15, -0.1) is 0 Å². The molecule has 4 rings (SSSR count). The molecule has 2 aromatic heterocycles. The summed E-state index contributed by atoms with van der Waals surface area (Å²) in [7, 11) is 0. The minimum atomic E-state index is -0.0102. The molecular formula is C24H21N3O. The van der Waals surface area contributed by atoms with Gasteiger partial charge in [0.1, 0.15) is 0 Å². The summed E-state index contributed by atoms with van der Waals surface area (Å²) in [5.74, 6) is -0.0102. The van der Waals surface area contributed by atoms with E-state index >= 15 is 0 Å². The smallest absolute Gasteiger partial charge is 0.254 e. The van der Waals surface area contributed by atoms with Gasteiger partial charge in [-0.25, -0.2) is 4.98 Å². The topological polar surface area (TPSA) is 46.1 Å². The molecule has 4 heteroatoms. The van der Waals surface area contributed by atoms with Crippen LogP contribution in [0, 0.1) is 0 Å². The average Bonchev–Trinajstić information content (AvgIpc) is 2.77. The summed E-state index contributed by atoms with van der Waals surface area (Å²) in [5, 5.41) is 0.777. The molecule has 2 aromatic carbocycles. The average molecular weight is 367 g/mol. The maximum Gasteiger partial charge on any atom is 0.254 e. The second-order valence-electron chi connectivity index (χ2n) is 6.62. The molecule has 0 unspecified atom stereocenters. The third kappa shape index (κ3) is 3.62. The van der Waals surface area contributed by atoms with Crippen molar-refractivity contribution < 1.29 is 4.79 Å². The van der Waals surface area contributed by atoms with Crippen molar-refractivity contribution in [2.24, 2.45) is 0 Å². The quantitative estimate of drug-likeness (QED) is 0.501. The summed E-state index contributed by atoms with van der Waals surface area (Å²) in [4.78, 5) is 24.3. The van der Waals surface area contributed by atoms with E-state index in [1.54, 1.807) is 12.4 Å². The molecule has 0 fully saturated rings. The van der Waals surface area contributed by atoms with E-state index in [1.807, 2.05) is 84.6 Å². The zero-order chi connectivity index (χ0) is 19.3. The molecule has 0 bridgehead atoms. The fourth-order valence-corrected chi connectivity index (χ4v) is 3.30. The van der Waals surface area contributed by atoms with Crippen molar-refractivity contribution in [1.29, 1.82) is 0 Å². The van der Waals surface area contributed by atoms with Gasteiger partial charge in [0.25, 0.3) is 5.91 Å². The van der Waals surface area contributed by atoms with Crippen LogP contribution >= 0.6 is 0 Å². The zero-order valence-electron chi connectivity index (χ0n) is 15.7. The van der Waals surface area contributed by atoms with E-state index in [4.69, 9.17) is 4.98 Å². The van der Waals surface area contributed by atoms with Crippen molar-refractivity contribution in [3.05, 3.63) is 96.3 Å². The Morgan fingerprint density at radius 3 is 2.39 bits per heavy atom. The van der Waals surface area contributed by atoms with Gasteiger partial charge in [-0.1, -0.05) is 60.7 Å². The van der Waals surface area contributed by atoms with Crippen LogP contribution in [0.25, 0.3) is 22.2 Å². The molecule has 28 heavy (non-hydrogen) atoms. The number of hydrogen-bond acceptors (Lipinski definition) is 3. The maximum atomic E-state index is 13.4. The van der Waals surface area contributed by atoms with E-state index in [0.717, 1.165) is 27.7 Å². The summed E-state index contributed by atoms with van der Waals surface area (Å²) in [6, 6.07) is 23.7. The van der Waals surface area contributed by atoms with Crippen molar-refractivity contribution in [1.82, 2.24) is 14.9 Å². The van der Waals surface area contributed by atoms with E-state index in [1.165, 1.54) is 0 Å². The van der Waals surface area contributed by atoms with Gasteiger partial charge in [0.05, 0.1) is 16.8 Å². The van der Waals surface area contributed by atoms with E-state index in [0.29, 0.717) is 18.7 Å². The van der Waals surface area contributed by atoms with E-state index in [9.17, 15) is 4.79 Å². The van der Waals surface area contributed by atoms with Crippen LogP contribution < -0.4 is 0 Å². The third-order valence-electron chi connectivity index (χ3n) is 4.80. The summed E-state index contributed by atoms with van der Waals surface area (Å²) in [5.41, 5.74) is 4.29. The summed E-state index contributed by atoms with van der Waals surface area (Å²) < 4.78 is 0. The van der Waals surface area contributed by atoms with Crippen LogP contribution in [-0.4, -0.2) is 27.3 Å². The van der Waals surface area contributed by atoms with Gasteiger partial charge < -0.3 is 4.90 Å². The van der Waals surface area contributed by atoms with Crippen molar-refractivity contribution in [2.45, 2.75) is 13.5 Å². The predicted molar refractivity (Wildman–Crippen MR) is 112 cm³/mol. The first-order chi connectivity index (χ1) is 13.8. The lowest BCUT2D eigenvalue weighted by Crippen LogP contribution is -2.30. The monoisotopic (exact) mass is 367 g/mol. The van der Waals surface area contributed by atoms with Gasteiger partial charge in [-0.2, -0.15) is 0 Å². The number of carbonyl (C=O) groups is 1. The number of amides is 1. The summed E-state index contributed by atoms with van der Waals surface area (Å²) in [6.07, 6.45) is 3.43. The van der Waals surface area contributed by atoms with Gasteiger partial charge >= 0.3 is 0 Å². The van der Waals surface area contributed by atoms with Gasteiger partial charge in [-0.3, -0.25) is 9.78 Å². The van der Waals surface area contributed by atoms with Crippen LogP contribution in [0.3, 0.4) is 0 Å². The van der Waals surface area contributed by atoms with E-state index < -0.39 is 0 Å². The van der Waals surface area contributed by atoms with Gasteiger partial charge in [0.2, 0.25) is 0 Å². The first kappa shape index (κ1) is 17.9. The molecule has 1 amide bonds. The highest BCUT2D eigenvalue weighted by Gasteiger charge is 2.19. The van der Waals surface area contributed by atoms with Gasteiger partial charge in [0, 0.05) is 36.4 Å². The number of carbonyl (C=O) groups excluding carboxylic acids is 1. The molecule has 4 aromatic rings. The lowest BCUT2D eigenvalue weighted by Gasteiger charge is -2.22. The van der Waals surface area contributed by atoms with E-state index in [2.05, 4.69) is 4.98 Å². The number of rotatable bonds is 5. The first-order valence-corrected chi connectivity index (χ1v) is 9.39. The molecule has 0 aliphatic rings. The van der Waals surface area contributed by atoms with Crippen LogP contribution in [0.4, 0.5) is 0 Å². The highest BCUT2D eigenvalue weighted by Crippen LogP contribution is 2.25. The molecule has 0 radical (unpaired) electrons. The maximum absolute atomic E-state index is 13.4. The summed E-state index contributed by atoms with van der Waals surface area (Å²) in [6.45, 7) is 3.19. The van der Waals surface area contributed by atoms with Crippen LogP contribution in [0.15, 0.2) is 85.2 Å². The van der Waals surface area contributed by atoms with Crippen molar-refractivity contribution >= 4 is 16.8 Å². The number of nitrogens with zero attached hydrogens (tertiary/aromatic N) is 3. The molecule has 0 saturated heterocycles. The Kier molecular flexibility index (Phi) is 5.11. The zero-order valence-corrected chi connectivity index (χ0v) is 15.7. The fourth-order valence-electron chi connectivity index (χ4n) is 3.30. The Hall–Kier alpha value is -3.53. The molecule has 0 atom stereocenters. The number of pyridine rings is 2. The molecule has 0 N–H and O–H groups in total. The Bertz CT molecular complexity index is 1090. The second kappa shape index (κ2) is 8.01. The lowest BCUT2D eigenvalue weighted by molar-refractivity contribution is 0.0754. The van der Waals surface area contributed by atoms with Crippen LogP contribution in [0.2, 0.25) is 0 Å². The molecular weight excluding hydrogens is 346 g/mol. The lowest BCUT2D eigenvalue weighted by atomic mass is 10.0. The van der Waals surface area contributed by atoms with Crippen LogP contribution in [0.5, 0.6) is 0 Å². The Balaban J connectivity index is 1.78.